The van der Waals surface area contributed by atoms with Crippen molar-refractivity contribution in [2.75, 3.05) is 39.3 Å². The minimum atomic E-state index is 0. The Hall–Kier alpha value is -1.38. The molecule has 1 aromatic heterocycles. The van der Waals surface area contributed by atoms with Crippen molar-refractivity contribution in [2.45, 2.75) is 20.3 Å². The molecule has 1 fully saturated rings. The number of carbonyl (C=O) groups is 1. The number of nitrogens with one attached hydrogen (secondary N) is 1. The van der Waals surface area contributed by atoms with E-state index in [1.54, 1.807) is 13.1 Å². The van der Waals surface area contributed by atoms with Gasteiger partial charge in [0, 0.05) is 58.6 Å². The van der Waals surface area contributed by atoms with E-state index in [0.29, 0.717) is 0 Å². The van der Waals surface area contributed by atoms with Crippen molar-refractivity contribution in [1.82, 2.24) is 20.1 Å². The monoisotopic (exact) mass is 431 g/mol. The summed E-state index contributed by atoms with van der Waals surface area (Å²) in [5.74, 6) is 1.09. The van der Waals surface area contributed by atoms with Crippen LogP contribution in [0.25, 0.3) is 0 Å². The molecule has 128 valence electrons. The maximum Gasteiger partial charge on any atom is 0.219 e. The van der Waals surface area contributed by atoms with Crippen molar-refractivity contribution in [3.63, 3.8) is 0 Å². The van der Waals surface area contributed by atoms with Gasteiger partial charge in [-0.3, -0.25) is 14.8 Å². The predicted octanol–water partition coefficient (Wildman–Crippen LogP) is 1.37. The molecule has 0 aromatic carbocycles. The number of rotatable bonds is 4. The number of aromatic nitrogens is 1. The Morgan fingerprint density at radius 1 is 1.30 bits per heavy atom. The average molecular weight is 431 g/mol. The summed E-state index contributed by atoms with van der Waals surface area (Å²) in [6, 6.07) is 4.02. The zero-order valence-electron chi connectivity index (χ0n) is 13.9. The van der Waals surface area contributed by atoms with Gasteiger partial charge in [0.2, 0.25) is 5.91 Å². The minimum absolute atomic E-state index is 0. The fraction of sp³-hybridized carbons (Fsp3) is 0.562. The van der Waals surface area contributed by atoms with Crippen molar-refractivity contribution < 1.29 is 4.79 Å². The largest absolute Gasteiger partial charge is 0.357 e. The third kappa shape index (κ3) is 6.32. The second-order valence-electron chi connectivity index (χ2n) is 5.34. The second kappa shape index (κ2) is 10.4. The van der Waals surface area contributed by atoms with Crippen LogP contribution < -0.4 is 5.32 Å². The molecule has 0 spiro atoms. The summed E-state index contributed by atoms with van der Waals surface area (Å²) in [6.07, 6.45) is 4.55. The Morgan fingerprint density at radius 2 is 2.00 bits per heavy atom. The van der Waals surface area contributed by atoms with Gasteiger partial charge in [0.05, 0.1) is 0 Å². The van der Waals surface area contributed by atoms with Crippen LogP contribution in [0.1, 0.15) is 19.4 Å². The van der Waals surface area contributed by atoms with Gasteiger partial charge in [0.25, 0.3) is 0 Å². The lowest BCUT2D eigenvalue weighted by Crippen LogP contribution is -2.53. The van der Waals surface area contributed by atoms with Crippen LogP contribution in [0.5, 0.6) is 0 Å². The number of guanidine groups is 1. The van der Waals surface area contributed by atoms with E-state index in [9.17, 15) is 4.79 Å². The summed E-state index contributed by atoms with van der Waals surface area (Å²) in [5, 5.41) is 3.34. The zero-order chi connectivity index (χ0) is 15.8. The number of carbonyl (C=O) groups excluding carboxylic acids is 1. The van der Waals surface area contributed by atoms with E-state index in [2.05, 4.69) is 28.2 Å². The van der Waals surface area contributed by atoms with E-state index in [1.807, 2.05) is 17.2 Å². The van der Waals surface area contributed by atoms with Gasteiger partial charge >= 0.3 is 0 Å². The van der Waals surface area contributed by atoms with Crippen LogP contribution in [0.3, 0.4) is 0 Å². The lowest BCUT2D eigenvalue weighted by Gasteiger charge is -2.36. The van der Waals surface area contributed by atoms with Gasteiger partial charge in [-0.1, -0.05) is 6.07 Å². The van der Waals surface area contributed by atoms with Crippen molar-refractivity contribution in [2.24, 2.45) is 4.99 Å². The number of nitrogens with zero attached hydrogens (tertiary/aromatic N) is 4. The van der Waals surface area contributed by atoms with Gasteiger partial charge in [-0.25, -0.2) is 0 Å². The number of amides is 1. The van der Waals surface area contributed by atoms with Gasteiger partial charge in [0.1, 0.15) is 0 Å². The normalized spacial score (nSPS) is 15.1. The van der Waals surface area contributed by atoms with Crippen LogP contribution in [0, 0.1) is 0 Å². The molecule has 7 heteroatoms. The molecule has 0 aliphatic carbocycles. The molecule has 1 saturated heterocycles. The number of piperazine rings is 1. The fourth-order valence-electron chi connectivity index (χ4n) is 2.50. The molecule has 0 atom stereocenters. The Balaban J connectivity index is 0.00000264. The van der Waals surface area contributed by atoms with Gasteiger partial charge in [-0.05, 0) is 25.0 Å². The molecule has 2 heterocycles. The average Bonchev–Trinajstić information content (AvgIpc) is 2.55. The van der Waals surface area contributed by atoms with Crippen molar-refractivity contribution in [3.05, 3.63) is 30.1 Å². The molecule has 23 heavy (non-hydrogen) atoms. The van der Waals surface area contributed by atoms with Gasteiger partial charge < -0.3 is 15.1 Å². The van der Waals surface area contributed by atoms with Crippen molar-refractivity contribution in [1.29, 1.82) is 0 Å². The van der Waals surface area contributed by atoms with Crippen LogP contribution in [-0.2, 0) is 11.2 Å². The molecule has 6 nitrogen and oxygen atoms in total. The van der Waals surface area contributed by atoms with Gasteiger partial charge in [0.15, 0.2) is 5.96 Å². The summed E-state index contributed by atoms with van der Waals surface area (Å²) in [5.41, 5.74) is 1.20. The second-order valence-corrected chi connectivity index (χ2v) is 5.34. The van der Waals surface area contributed by atoms with E-state index in [1.165, 1.54) is 5.56 Å². The molecule has 0 radical (unpaired) electrons. The van der Waals surface area contributed by atoms with E-state index >= 15 is 0 Å². The maximum atomic E-state index is 11.4. The van der Waals surface area contributed by atoms with Crippen molar-refractivity contribution in [3.8, 4) is 0 Å². The Morgan fingerprint density at radius 3 is 2.57 bits per heavy atom. The summed E-state index contributed by atoms with van der Waals surface area (Å²) < 4.78 is 0. The number of hydrogen-bond acceptors (Lipinski definition) is 3. The predicted molar refractivity (Wildman–Crippen MR) is 103 cm³/mol. The molecule has 1 amide bonds. The Labute approximate surface area is 155 Å². The molecule has 0 saturated carbocycles. The molecule has 1 N–H and O–H groups in total. The van der Waals surface area contributed by atoms with E-state index in [4.69, 9.17) is 4.99 Å². The summed E-state index contributed by atoms with van der Waals surface area (Å²) >= 11 is 0. The highest BCUT2D eigenvalue weighted by atomic mass is 127. The highest BCUT2D eigenvalue weighted by Crippen LogP contribution is 2.03. The lowest BCUT2D eigenvalue weighted by atomic mass is 10.2. The van der Waals surface area contributed by atoms with Gasteiger partial charge in [-0.15, -0.1) is 24.0 Å². The zero-order valence-corrected chi connectivity index (χ0v) is 16.2. The number of halogens is 1. The first-order valence-electron chi connectivity index (χ1n) is 7.88. The Kier molecular flexibility index (Phi) is 8.90. The van der Waals surface area contributed by atoms with E-state index in [0.717, 1.165) is 51.6 Å². The van der Waals surface area contributed by atoms with Gasteiger partial charge in [-0.2, -0.15) is 0 Å². The standard InChI is InChI=1S/C16H25N5O.HI/c1-3-18-16(19-8-6-15-5-4-7-17-13-15)21-11-9-20(10-12-21)14(2)22;/h4-5,7,13H,3,6,8-12H2,1-2H3,(H,18,19);1H. The van der Waals surface area contributed by atoms with Crippen LogP contribution in [0.4, 0.5) is 0 Å². The minimum Gasteiger partial charge on any atom is -0.357 e. The summed E-state index contributed by atoms with van der Waals surface area (Å²) in [4.78, 5) is 24.3. The topological polar surface area (TPSA) is 60.8 Å². The smallest absolute Gasteiger partial charge is 0.219 e. The highest BCUT2D eigenvalue weighted by molar-refractivity contribution is 14.0. The van der Waals surface area contributed by atoms with E-state index in [-0.39, 0.29) is 29.9 Å². The molecule has 0 bridgehead atoms. The molecule has 2 rings (SSSR count). The molecular weight excluding hydrogens is 405 g/mol. The lowest BCUT2D eigenvalue weighted by molar-refractivity contribution is -0.130. The molecule has 0 unspecified atom stereocenters. The van der Waals surface area contributed by atoms with Crippen molar-refractivity contribution >= 4 is 35.8 Å². The number of pyridine rings is 1. The van der Waals surface area contributed by atoms with E-state index < -0.39 is 0 Å². The fourth-order valence-corrected chi connectivity index (χ4v) is 2.50. The molecule has 1 aromatic rings. The number of hydrogen-bond donors (Lipinski definition) is 1. The first-order chi connectivity index (χ1) is 10.7. The van der Waals surface area contributed by atoms with Crippen LogP contribution in [0.15, 0.2) is 29.5 Å². The summed E-state index contributed by atoms with van der Waals surface area (Å²) in [6.45, 7) is 8.48. The molecule has 1 aliphatic heterocycles. The van der Waals surface area contributed by atoms with Crippen LogP contribution in [0.2, 0.25) is 0 Å². The summed E-state index contributed by atoms with van der Waals surface area (Å²) in [7, 11) is 0. The Bertz CT molecular complexity index is 500. The third-order valence-electron chi connectivity index (χ3n) is 3.74. The molecular formula is C16H26IN5O. The SMILES string of the molecule is CCNC(=NCCc1cccnc1)N1CCN(C(C)=O)CC1.I. The van der Waals surface area contributed by atoms with Crippen LogP contribution >= 0.6 is 24.0 Å². The first-order valence-corrected chi connectivity index (χ1v) is 7.88. The number of aliphatic imine (C=N–C) groups is 1. The third-order valence-corrected chi connectivity index (χ3v) is 3.74. The molecule has 1 aliphatic rings. The highest BCUT2D eigenvalue weighted by Gasteiger charge is 2.20. The first kappa shape index (κ1) is 19.7. The maximum absolute atomic E-state index is 11.4. The van der Waals surface area contributed by atoms with Crippen LogP contribution in [-0.4, -0.2) is 65.9 Å². The quantitative estimate of drug-likeness (QED) is 0.445.